The molecule has 0 aliphatic heterocycles. The fraction of sp³-hybridized carbons (Fsp3) is 0.250. The first kappa shape index (κ1) is 22.6. The topological polar surface area (TPSA) is 112 Å². The van der Waals surface area contributed by atoms with Crippen LogP contribution in [0, 0.1) is 17.0 Å². The fourth-order valence-electron chi connectivity index (χ4n) is 2.80. The molecule has 0 spiro atoms. The van der Waals surface area contributed by atoms with Gasteiger partial charge in [0, 0.05) is 18.8 Å². The van der Waals surface area contributed by atoms with Gasteiger partial charge in [-0.25, -0.2) is 0 Å². The summed E-state index contributed by atoms with van der Waals surface area (Å²) in [5, 5.41) is 22.5. The van der Waals surface area contributed by atoms with Crippen LogP contribution in [0.15, 0.2) is 47.6 Å². The number of para-hydroxylation sites is 1. The van der Waals surface area contributed by atoms with E-state index in [1.165, 1.54) is 30.0 Å². The van der Waals surface area contributed by atoms with Crippen molar-refractivity contribution in [2.45, 2.75) is 25.1 Å². The number of amides is 1. The summed E-state index contributed by atoms with van der Waals surface area (Å²) in [4.78, 5) is 22.6. The number of benzene rings is 2. The van der Waals surface area contributed by atoms with Crippen LogP contribution in [0.5, 0.6) is 5.75 Å². The maximum absolute atomic E-state index is 12.3. The van der Waals surface area contributed by atoms with Crippen molar-refractivity contribution in [3.8, 4) is 5.75 Å². The molecule has 1 atom stereocenters. The van der Waals surface area contributed by atoms with Crippen molar-refractivity contribution in [1.29, 1.82) is 0 Å². The number of carbonyl (C=O) groups is 1. The summed E-state index contributed by atoms with van der Waals surface area (Å²) in [6, 6.07) is 11.8. The zero-order chi connectivity index (χ0) is 22.5. The highest BCUT2D eigenvalue weighted by molar-refractivity contribution is 7.99. The summed E-state index contributed by atoms with van der Waals surface area (Å²) in [6.45, 7) is 3.85. The first-order chi connectivity index (χ1) is 14.8. The number of anilines is 1. The third kappa shape index (κ3) is 5.53. The van der Waals surface area contributed by atoms with Crippen LogP contribution in [0.2, 0.25) is 5.02 Å². The third-order valence-electron chi connectivity index (χ3n) is 4.39. The molecule has 3 rings (SSSR count). The molecule has 0 radical (unpaired) electrons. The summed E-state index contributed by atoms with van der Waals surface area (Å²) in [5.74, 6) is 1.11. The lowest BCUT2D eigenvalue weighted by Gasteiger charge is -2.15. The quantitative estimate of drug-likeness (QED) is 0.297. The van der Waals surface area contributed by atoms with Crippen molar-refractivity contribution in [1.82, 2.24) is 14.8 Å². The van der Waals surface area contributed by atoms with E-state index in [9.17, 15) is 14.9 Å². The van der Waals surface area contributed by atoms with E-state index in [4.69, 9.17) is 16.3 Å². The fourth-order valence-corrected chi connectivity index (χ4v) is 3.70. The number of ether oxygens (including phenoxy) is 1. The molecule has 1 unspecified atom stereocenters. The first-order valence-electron chi connectivity index (χ1n) is 9.24. The number of aryl methyl sites for hydroxylation is 1. The highest BCUT2D eigenvalue weighted by Gasteiger charge is 2.19. The minimum atomic E-state index is -0.603. The Hall–Kier alpha value is -3.11. The minimum Gasteiger partial charge on any atom is -0.482 e. The van der Waals surface area contributed by atoms with E-state index in [0.717, 1.165) is 11.3 Å². The van der Waals surface area contributed by atoms with Gasteiger partial charge in [-0.1, -0.05) is 41.6 Å². The van der Waals surface area contributed by atoms with Crippen LogP contribution in [0.25, 0.3) is 0 Å². The minimum absolute atomic E-state index is 0.00558. The van der Waals surface area contributed by atoms with Crippen molar-refractivity contribution >= 4 is 40.6 Å². The highest BCUT2D eigenvalue weighted by Crippen LogP contribution is 2.28. The second-order valence-electron chi connectivity index (χ2n) is 6.69. The van der Waals surface area contributed by atoms with Crippen LogP contribution < -0.4 is 10.1 Å². The SMILES string of the molecule is Cc1ccccc1OC(C)c1nnc(SCC(=O)Nc2ccc(Cl)c([N+](=O)[O-])c2)n1C. The van der Waals surface area contributed by atoms with Gasteiger partial charge in [0.15, 0.2) is 17.1 Å². The van der Waals surface area contributed by atoms with Gasteiger partial charge in [0.1, 0.15) is 10.8 Å². The van der Waals surface area contributed by atoms with E-state index in [-0.39, 0.29) is 28.5 Å². The molecule has 1 heterocycles. The number of nitrogens with zero attached hydrogens (tertiary/aromatic N) is 4. The predicted molar refractivity (Wildman–Crippen MR) is 119 cm³/mol. The summed E-state index contributed by atoms with van der Waals surface area (Å²) >= 11 is 6.98. The average molecular weight is 462 g/mol. The van der Waals surface area contributed by atoms with Gasteiger partial charge in [-0.15, -0.1) is 10.2 Å². The molecular formula is C20H20ClN5O4S. The molecule has 1 N–H and O–H groups in total. The van der Waals surface area contributed by atoms with Crippen LogP contribution in [0.1, 0.15) is 24.4 Å². The van der Waals surface area contributed by atoms with E-state index >= 15 is 0 Å². The molecule has 0 saturated carbocycles. The Morgan fingerprint density at radius 1 is 1.32 bits per heavy atom. The van der Waals surface area contributed by atoms with Gasteiger partial charge in [-0.05, 0) is 37.6 Å². The normalized spacial score (nSPS) is 11.7. The number of thioether (sulfide) groups is 1. The van der Waals surface area contributed by atoms with E-state index in [1.54, 1.807) is 11.6 Å². The summed E-state index contributed by atoms with van der Waals surface area (Å²) in [5.41, 5.74) is 1.04. The zero-order valence-corrected chi connectivity index (χ0v) is 18.6. The largest absolute Gasteiger partial charge is 0.482 e. The van der Waals surface area contributed by atoms with E-state index in [0.29, 0.717) is 16.7 Å². The molecule has 1 aromatic heterocycles. The summed E-state index contributed by atoms with van der Waals surface area (Å²) < 4.78 is 7.76. The number of hydrogen-bond donors (Lipinski definition) is 1. The molecule has 9 nitrogen and oxygen atoms in total. The number of nitro benzene ring substituents is 1. The molecule has 0 bridgehead atoms. The Kier molecular flexibility index (Phi) is 7.13. The Morgan fingerprint density at radius 2 is 2.06 bits per heavy atom. The standard InChI is InChI=1S/C20H20ClN5O4S/c1-12-6-4-5-7-17(12)30-13(2)19-23-24-20(25(19)3)31-11-18(27)22-14-8-9-15(21)16(10-14)26(28)29/h4-10,13H,11H2,1-3H3,(H,22,27). The molecule has 2 aromatic carbocycles. The average Bonchev–Trinajstić information content (AvgIpc) is 3.10. The highest BCUT2D eigenvalue weighted by atomic mass is 35.5. The van der Waals surface area contributed by atoms with Gasteiger partial charge >= 0.3 is 0 Å². The second kappa shape index (κ2) is 9.80. The number of aromatic nitrogens is 3. The van der Waals surface area contributed by atoms with Crippen LogP contribution in [-0.2, 0) is 11.8 Å². The predicted octanol–water partition coefficient (Wildman–Crippen LogP) is 4.56. The molecule has 162 valence electrons. The van der Waals surface area contributed by atoms with Crippen molar-refractivity contribution in [2.24, 2.45) is 7.05 Å². The molecule has 11 heteroatoms. The number of rotatable bonds is 8. The molecule has 3 aromatic rings. The Labute approximate surface area is 187 Å². The summed E-state index contributed by atoms with van der Waals surface area (Å²) in [7, 11) is 1.80. The maximum atomic E-state index is 12.3. The van der Waals surface area contributed by atoms with Crippen molar-refractivity contribution in [3.05, 3.63) is 69.0 Å². The maximum Gasteiger partial charge on any atom is 0.289 e. The lowest BCUT2D eigenvalue weighted by atomic mass is 10.2. The Bertz CT molecular complexity index is 1120. The van der Waals surface area contributed by atoms with Crippen LogP contribution in [0.4, 0.5) is 11.4 Å². The molecule has 0 aliphatic carbocycles. The number of hydrogen-bond acceptors (Lipinski definition) is 7. The van der Waals surface area contributed by atoms with E-state index in [1.807, 2.05) is 38.1 Å². The van der Waals surface area contributed by atoms with Crippen molar-refractivity contribution < 1.29 is 14.5 Å². The van der Waals surface area contributed by atoms with Gasteiger partial charge < -0.3 is 14.6 Å². The Balaban J connectivity index is 1.61. The molecule has 0 aliphatic rings. The Morgan fingerprint density at radius 3 is 2.77 bits per heavy atom. The zero-order valence-electron chi connectivity index (χ0n) is 17.0. The van der Waals surface area contributed by atoms with Gasteiger partial charge in [0.05, 0.1) is 10.7 Å². The lowest BCUT2D eigenvalue weighted by molar-refractivity contribution is -0.384. The number of carbonyl (C=O) groups excluding carboxylic acids is 1. The van der Waals surface area contributed by atoms with Crippen LogP contribution >= 0.6 is 23.4 Å². The van der Waals surface area contributed by atoms with E-state index < -0.39 is 4.92 Å². The van der Waals surface area contributed by atoms with Gasteiger partial charge in [-0.3, -0.25) is 14.9 Å². The third-order valence-corrected chi connectivity index (χ3v) is 5.73. The molecule has 0 fully saturated rings. The van der Waals surface area contributed by atoms with Crippen LogP contribution in [-0.4, -0.2) is 31.3 Å². The molecular weight excluding hydrogens is 442 g/mol. The van der Waals surface area contributed by atoms with Crippen molar-refractivity contribution in [2.75, 3.05) is 11.1 Å². The molecule has 1 amide bonds. The van der Waals surface area contributed by atoms with Crippen molar-refractivity contribution in [3.63, 3.8) is 0 Å². The van der Waals surface area contributed by atoms with Gasteiger partial charge in [0.2, 0.25) is 5.91 Å². The van der Waals surface area contributed by atoms with Gasteiger partial charge in [-0.2, -0.15) is 0 Å². The first-order valence-corrected chi connectivity index (χ1v) is 10.6. The molecule has 0 saturated heterocycles. The van der Waals surface area contributed by atoms with Gasteiger partial charge in [0.25, 0.3) is 5.69 Å². The summed E-state index contributed by atoms with van der Waals surface area (Å²) in [6.07, 6.45) is -0.337. The molecule has 31 heavy (non-hydrogen) atoms. The smallest absolute Gasteiger partial charge is 0.289 e. The number of nitro groups is 1. The second-order valence-corrected chi connectivity index (χ2v) is 8.04. The lowest BCUT2D eigenvalue weighted by Crippen LogP contribution is -2.15. The number of nitrogens with one attached hydrogen (secondary N) is 1. The van der Waals surface area contributed by atoms with E-state index in [2.05, 4.69) is 15.5 Å². The van der Waals surface area contributed by atoms with Crippen LogP contribution in [0.3, 0.4) is 0 Å². The number of halogens is 1. The monoisotopic (exact) mass is 461 g/mol.